The minimum absolute atomic E-state index is 0.193. The van der Waals surface area contributed by atoms with Gasteiger partial charge in [-0.25, -0.2) is 0 Å². The molecule has 0 saturated carbocycles. The third-order valence-corrected chi connectivity index (χ3v) is 2.63. The smallest absolute Gasteiger partial charge is 0.319 e. The summed E-state index contributed by atoms with van der Waals surface area (Å²) in [6.07, 6.45) is 0. The molecule has 0 spiro atoms. The molecular formula is C12H21N3O3. The van der Waals surface area contributed by atoms with E-state index in [1.807, 2.05) is 32.6 Å². The van der Waals surface area contributed by atoms with Crippen LogP contribution in [0.5, 0.6) is 0 Å². The van der Waals surface area contributed by atoms with Crippen molar-refractivity contribution in [2.24, 2.45) is 0 Å². The summed E-state index contributed by atoms with van der Waals surface area (Å²) in [4.78, 5) is 17.5. The van der Waals surface area contributed by atoms with Crippen molar-refractivity contribution in [2.75, 3.05) is 13.7 Å². The van der Waals surface area contributed by atoms with Crippen LogP contribution in [0.2, 0.25) is 0 Å². The van der Waals surface area contributed by atoms with Crippen molar-refractivity contribution >= 4 is 5.97 Å². The van der Waals surface area contributed by atoms with Gasteiger partial charge >= 0.3 is 5.97 Å². The predicted octanol–water partition coefficient (Wildman–Crippen LogP) is 1.58. The highest BCUT2D eigenvalue weighted by Gasteiger charge is 2.18. The molecule has 0 saturated heterocycles. The summed E-state index contributed by atoms with van der Waals surface area (Å²) in [5.41, 5.74) is 0. The van der Waals surface area contributed by atoms with E-state index >= 15 is 0 Å². The quantitative estimate of drug-likeness (QED) is 0.719. The van der Waals surface area contributed by atoms with Crippen LogP contribution in [0.25, 0.3) is 0 Å². The van der Waals surface area contributed by atoms with Crippen molar-refractivity contribution in [3.8, 4) is 0 Å². The molecule has 18 heavy (non-hydrogen) atoms. The van der Waals surface area contributed by atoms with Gasteiger partial charge in [-0.05, 0) is 13.8 Å². The molecule has 0 unspecified atom stereocenters. The first-order chi connectivity index (χ1) is 8.43. The Labute approximate surface area is 107 Å². The number of carbonyl (C=O) groups excluding carboxylic acids is 1. The average Bonchev–Trinajstić information content (AvgIpc) is 2.76. The van der Waals surface area contributed by atoms with Gasteiger partial charge in [-0.1, -0.05) is 19.0 Å². The number of ether oxygens (including phenoxy) is 1. The zero-order valence-corrected chi connectivity index (χ0v) is 11.6. The molecule has 0 fully saturated rings. The van der Waals surface area contributed by atoms with Crippen molar-refractivity contribution < 1.29 is 14.1 Å². The van der Waals surface area contributed by atoms with Gasteiger partial charge in [-0.2, -0.15) is 4.98 Å². The van der Waals surface area contributed by atoms with E-state index in [0.717, 1.165) is 0 Å². The summed E-state index contributed by atoms with van der Waals surface area (Å²) in [5.74, 6) is 1.17. The molecular weight excluding hydrogens is 234 g/mol. The topological polar surface area (TPSA) is 68.5 Å². The lowest BCUT2D eigenvalue weighted by Gasteiger charge is -2.22. The van der Waals surface area contributed by atoms with Gasteiger partial charge in [0.25, 0.3) is 0 Å². The van der Waals surface area contributed by atoms with Crippen molar-refractivity contribution in [3.63, 3.8) is 0 Å². The van der Waals surface area contributed by atoms with Crippen LogP contribution in [0.1, 0.15) is 45.3 Å². The van der Waals surface area contributed by atoms with Gasteiger partial charge in [0.2, 0.25) is 5.89 Å². The Kier molecular flexibility index (Phi) is 5.27. The van der Waals surface area contributed by atoms with Crippen LogP contribution in [-0.2, 0) is 16.1 Å². The zero-order valence-electron chi connectivity index (χ0n) is 11.6. The second-order valence-electron chi connectivity index (χ2n) is 4.78. The highest BCUT2D eigenvalue weighted by molar-refractivity contribution is 5.71. The highest BCUT2D eigenvalue weighted by Crippen LogP contribution is 2.12. The molecule has 1 rings (SSSR count). The Balaban J connectivity index is 2.67. The van der Waals surface area contributed by atoms with E-state index in [2.05, 4.69) is 14.9 Å². The number of rotatable bonds is 6. The predicted molar refractivity (Wildman–Crippen MR) is 65.9 cm³/mol. The molecule has 1 aromatic heterocycles. The number of carbonyl (C=O) groups is 1. The Hall–Kier alpha value is -1.43. The standard InChI is InChI=1S/C12H21N3O3/c1-8(2)12-13-10(18-14-12)6-15(9(3)4)7-11(16)17-5/h8-9H,6-7H2,1-5H3. The third-order valence-electron chi connectivity index (χ3n) is 2.63. The van der Waals surface area contributed by atoms with Crippen molar-refractivity contribution in [2.45, 2.75) is 46.2 Å². The number of hydrogen-bond acceptors (Lipinski definition) is 6. The second-order valence-corrected chi connectivity index (χ2v) is 4.78. The molecule has 0 N–H and O–H groups in total. The van der Waals surface area contributed by atoms with Gasteiger partial charge in [-0.15, -0.1) is 0 Å². The molecule has 0 aliphatic rings. The van der Waals surface area contributed by atoms with Crippen LogP contribution in [-0.4, -0.2) is 40.7 Å². The molecule has 0 aliphatic carbocycles. The van der Waals surface area contributed by atoms with E-state index in [4.69, 9.17) is 4.52 Å². The summed E-state index contributed by atoms with van der Waals surface area (Å²) >= 11 is 0. The van der Waals surface area contributed by atoms with E-state index < -0.39 is 0 Å². The summed E-state index contributed by atoms with van der Waals surface area (Å²) in [5, 5.41) is 3.90. The van der Waals surface area contributed by atoms with Crippen molar-refractivity contribution in [1.82, 2.24) is 15.0 Å². The van der Waals surface area contributed by atoms with Crippen LogP contribution in [0, 0.1) is 0 Å². The van der Waals surface area contributed by atoms with Crippen LogP contribution in [0.4, 0.5) is 0 Å². The molecule has 0 aliphatic heterocycles. The van der Waals surface area contributed by atoms with E-state index in [0.29, 0.717) is 18.3 Å². The Morgan fingerprint density at radius 3 is 2.50 bits per heavy atom. The normalized spacial score (nSPS) is 11.6. The number of methoxy groups -OCH3 is 1. The van der Waals surface area contributed by atoms with Gasteiger partial charge in [0.05, 0.1) is 20.2 Å². The van der Waals surface area contributed by atoms with Gasteiger partial charge in [-0.3, -0.25) is 9.69 Å². The molecule has 6 nitrogen and oxygen atoms in total. The molecule has 6 heteroatoms. The maximum Gasteiger partial charge on any atom is 0.319 e. The Morgan fingerprint density at radius 1 is 1.39 bits per heavy atom. The van der Waals surface area contributed by atoms with E-state index in [1.165, 1.54) is 7.11 Å². The monoisotopic (exact) mass is 255 g/mol. The van der Waals surface area contributed by atoms with Crippen LogP contribution in [0.15, 0.2) is 4.52 Å². The maximum absolute atomic E-state index is 11.3. The molecule has 0 bridgehead atoms. The summed E-state index contributed by atoms with van der Waals surface area (Å²) in [6.45, 7) is 8.68. The first-order valence-electron chi connectivity index (χ1n) is 6.07. The van der Waals surface area contributed by atoms with Crippen molar-refractivity contribution in [3.05, 3.63) is 11.7 Å². The summed E-state index contributed by atoms with van der Waals surface area (Å²) < 4.78 is 9.83. The number of nitrogens with zero attached hydrogens (tertiary/aromatic N) is 3. The summed E-state index contributed by atoms with van der Waals surface area (Å²) in [7, 11) is 1.38. The fourth-order valence-electron chi connectivity index (χ4n) is 1.39. The molecule has 0 radical (unpaired) electrons. The number of hydrogen-bond donors (Lipinski definition) is 0. The molecule has 0 amide bonds. The molecule has 0 atom stereocenters. The first-order valence-corrected chi connectivity index (χ1v) is 6.07. The lowest BCUT2D eigenvalue weighted by Crippen LogP contribution is -2.35. The lowest BCUT2D eigenvalue weighted by molar-refractivity contribution is -0.142. The van der Waals surface area contributed by atoms with Gasteiger partial charge in [0.15, 0.2) is 5.82 Å². The molecule has 1 heterocycles. The number of aromatic nitrogens is 2. The fraction of sp³-hybridized carbons (Fsp3) is 0.750. The van der Waals surface area contributed by atoms with Gasteiger partial charge in [0.1, 0.15) is 0 Å². The third kappa shape index (κ3) is 4.10. The Morgan fingerprint density at radius 2 is 2.06 bits per heavy atom. The molecule has 102 valence electrons. The minimum Gasteiger partial charge on any atom is -0.468 e. The lowest BCUT2D eigenvalue weighted by atomic mass is 10.2. The van der Waals surface area contributed by atoms with E-state index in [-0.39, 0.29) is 24.5 Å². The fourth-order valence-corrected chi connectivity index (χ4v) is 1.39. The van der Waals surface area contributed by atoms with Crippen LogP contribution < -0.4 is 0 Å². The van der Waals surface area contributed by atoms with Crippen molar-refractivity contribution in [1.29, 1.82) is 0 Å². The van der Waals surface area contributed by atoms with E-state index in [1.54, 1.807) is 0 Å². The molecule has 1 aromatic rings. The zero-order chi connectivity index (χ0) is 13.7. The van der Waals surface area contributed by atoms with Crippen LogP contribution in [0.3, 0.4) is 0 Å². The molecule has 0 aromatic carbocycles. The average molecular weight is 255 g/mol. The van der Waals surface area contributed by atoms with Crippen LogP contribution >= 0.6 is 0 Å². The Bertz CT molecular complexity index is 388. The largest absolute Gasteiger partial charge is 0.468 e. The second kappa shape index (κ2) is 6.49. The summed E-state index contributed by atoms with van der Waals surface area (Å²) in [6, 6.07) is 0.193. The minimum atomic E-state index is -0.271. The van der Waals surface area contributed by atoms with Gasteiger partial charge < -0.3 is 9.26 Å². The highest BCUT2D eigenvalue weighted by atomic mass is 16.5. The SMILES string of the molecule is COC(=O)CN(Cc1nc(C(C)C)no1)C(C)C. The van der Waals surface area contributed by atoms with Gasteiger partial charge in [0, 0.05) is 12.0 Å². The van der Waals surface area contributed by atoms with E-state index in [9.17, 15) is 4.79 Å². The first kappa shape index (κ1) is 14.6. The number of esters is 1. The maximum atomic E-state index is 11.3.